The summed E-state index contributed by atoms with van der Waals surface area (Å²) in [6.45, 7) is 3.70. The minimum atomic E-state index is -3.21. The largest absolute Gasteiger partial charge is 0.475 e. The second-order valence-corrected chi connectivity index (χ2v) is 4.38. The van der Waals surface area contributed by atoms with Gasteiger partial charge in [-0.15, -0.1) is 0 Å². The first-order valence-electron chi connectivity index (χ1n) is 3.58. The topological polar surface area (TPSA) is 44.8 Å². The number of phosphoric ester groups is 1. The molecule has 66 valence electrons. The van der Waals surface area contributed by atoms with E-state index in [4.69, 9.17) is 9.05 Å². The summed E-state index contributed by atoms with van der Waals surface area (Å²) in [6, 6.07) is 0. The maximum atomic E-state index is 11.4. The van der Waals surface area contributed by atoms with Crippen LogP contribution in [0.3, 0.4) is 0 Å². The van der Waals surface area contributed by atoms with Crippen LogP contribution in [0, 0.1) is 0 Å². The lowest BCUT2D eigenvalue weighted by atomic mass is 10.2. The molecular weight excluding hydrogens is 167 g/mol. The zero-order valence-corrected chi connectivity index (χ0v) is 7.84. The molecule has 0 radical (unpaired) electrons. The minimum absolute atomic E-state index is 0.0514. The van der Waals surface area contributed by atoms with Crippen LogP contribution in [-0.2, 0) is 18.1 Å². The first-order chi connectivity index (χ1) is 5.06. The highest BCUT2D eigenvalue weighted by Crippen LogP contribution is 2.54. The molecule has 0 aromatic carbocycles. The van der Waals surface area contributed by atoms with Gasteiger partial charge in [-0.1, -0.05) is 0 Å². The Labute approximate surface area is 66.4 Å². The van der Waals surface area contributed by atoms with Crippen molar-refractivity contribution in [1.29, 1.82) is 0 Å². The monoisotopic (exact) mass is 180 g/mol. The Hall–Kier alpha value is 0.110. The highest BCUT2D eigenvalue weighted by molar-refractivity contribution is 7.48. The number of hydrogen-bond donors (Lipinski definition) is 0. The Morgan fingerprint density at radius 1 is 1.36 bits per heavy atom. The molecule has 1 fully saturated rings. The van der Waals surface area contributed by atoms with E-state index in [-0.39, 0.29) is 12.2 Å². The van der Waals surface area contributed by atoms with Gasteiger partial charge in [0, 0.05) is 13.5 Å². The Balaban J connectivity index is 2.63. The number of rotatable bonds is 1. The summed E-state index contributed by atoms with van der Waals surface area (Å²) in [5, 5.41) is 0. The normalized spacial score (nSPS) is 45.7. The lowest BCUT2D eigenvalue weighted by Gasteiger charge is -2.29. The van der Waals surface area contributed by atoms with E-state index in [2.05, 4.69) is 4.52 Å². The van der Waals surface area contributed by atoms with Crippen molar-refractivity contribution in [3.05, 3.63) is 0 Å². The van der Waals surface area contributed by atoms with E-state index in [9.17, 15) is 4.57 Å². The predicted molar refractivity (Wildman–Crippen MR) is 40.3 cm³/mol. The van der Waals surface area contributed by atoms with Crippen LogP contribution >= 0.6 is 7.82 Å². The molecule has 0 aliphatic carbocycles. The van der Waals surface area contributed by atoms with Gasteiger partial charge in [0.05, 0.1) is 12.2 Å². The van der Waals surface area contributed by atoms with Crippen LogP contribution in [0.1, 0.15) is 20.3 Å². The van der Waals surface area contributed by atoms with Gasteiger partial charge in [-0.25, -0.2) is 4.57 Å². The predicted octanol–water partition coefficient (Wildman–Crippen LogP) is 1.95. The molecule has 5 heteroatoms. The van der Waals surface area contributed by atoms with E-state index < -0.39 is 7.82 Å². The van der Waals surface area contributed by atoms with Crippen molar-refractivity contribution in [2.24, 2.45) is 0 Å². The zero-order chi connectivity index (χ0) is 8.48. The van der Waals surface area contributed by atoms with Crippen LogP contribution in [-0.4, -0.2) is 19.3 Å². The van der Waals surface area contributed by atoms with Crippen LogP contribution in [0.15, 0.2) is 0 Å². The molecule has 2 atom stereocenters. The molecule has 0 saturated carbocycles. The fourth-order valence-corrected chi connectivity index (χ4v) is 2.38. The van der Waals surface area contributed by atoms with E-state index in [1.807, 2.05) is 13.8 Å². The lowest BCUT2D eigenvalue weighted by Crippen LogP contribution is -2.24. The van der Waals surface area contributed by atoms with Crippen LogP contribution in [0.4, 0.5) is 0 Å². The Morgan fingerprint density at radius 2 is 1.82 bits per heavy atom. The lowest BCUT2D eigenvalue weighted by molar-refractivity contribution is 0.0101. The van der Waals surface area contributed by atoms with Gasteiger partial charge in [0.2, 0.25) is 0 Å². The Morgan fingerprint density at radius 3 is 2.18 bits per heavy atom. The molecule has 4 nitrogen and oxygen atoms in total. The van der Waals surface area contributed by atoms with Gasteiger partial charge in [-0.05, 0) is 13.8 Å². The molecule has 0 unspecified atom stereocenters. The maximum absolute atomic E-state index is 11.4. The molecule has 1 saturated heterocycles. The SMILES string of the molecule is COP1(=O)O[C@@H](C)C[C@H](C)O1. The highest BCUT2D eigenvalue weighted by atomic mass is 31.2. The highest BCUT2D eigenvalue weighted by Gasteiger charge is 2.35. The molecule has 0 bridgehead atoms. The molecule has 1 aliphatic heterocycles. The van der Waals surface area contributed by atoms with Crippen molar-refractivity contribution in [2.75, 3.05) is 7.11 Å². The molecule has 1 rings (SSSR count). The number of hydrogen-bond acceptors (Lipinski definition) is 4. The fraction of sp³-hybridized carbons (Fsp3) is 1.00. The minimum Gasteiger partial charge on any atom is -0.290 e. The summed E-state index contributed by atoms with van der Waals surface area (Å²) in [5.41, 5.74) is 0. The maximum Gasteiger partial charge on any atom is 0.475 e. The van der Waals surface area contributed by atoms with Crippen LogP contribution in [0.5, 0.6) is 0 Å². The smallest absolute Gasteiger partial charge is 0.290 e. The second kappa shape index (κ2) is 3.23. The van der Waals surface area contributed by atoms with Gasteiger partial charge < -0.3 is 0 Å². The quantitative estimate of drug-likeness (QED) is 0.578. The van der Waals surface area contributed by atoms with Crippen molar-refractivity contribution >= 4 is 7.82 Å². The van der Waals surface area contributed by atoms with Crippen molar-refractivity contribution in [1.82, 2.24) is 0 Å². The van der Waals surface area contributed by atoms with Gasteiger partial charge in [0.15, 0.2) is 0 Å². The molecule has 0 N–H and O–H groups in total. The Kier molecular flexibility index (Phi) is 2.70. The van der Waals surface area contributed by atoms with Gasteiger partial charge in [-0.2, -0.15) is 0 Å². The van der Waals surface area contributed by atoms with Gasteiger partial charge in [0.25, 0.3) is 0 Å². The van der Waals surface area contributed by atoms with Crippen molar-refractivity contribution in [3.63, 3.8) is 0 Å². The summed E-state index contributed by atoms with van der Waals surface area (Å²) < 4.78 is 26.0. The summed E-state index contributed by atoms with van der Waals surface area (Å²) in [7, 11) is -1.88. The summed E-state index contributed by atoms with van der Waals surface area (Å²) in [5.74, 6) is 0. The summed E-state index contributed by atoms with van der Waals surface area (Å²) >= 11 is 0. The first-order valence-corrected chi connectivity index (χ1v) is 5.04. The van der Waals surface area contributed by atoms with Crippen LogP contribution in [0.25, 0.3) is 0 Å². The van der Waals surface area contributed by atoms with Crippen molar-refractivity contribution < 1.29 is 18.1 Å². The van der Waals surface area contributed by atoms with Crippen molar-refractivity contribution in [2.45, 2.75) is 32.5 Å². The summed E-state index contributed by atoms with van der Waals surface area (Å²) in [6.07, 6.45) is 0.655. The third-order valence-electron chi connectivity index (χ3n) is 1.51. The summed E-state index contributed by atoms with van der Waals surface area (Å²) in [4.78, 5) is 0. The van der Waals surface area contributed by atoms with E-state index in [0.717, 1.165) is 6.42 Å². The fourth-order valence-electron chi connectivity index (χ4n) is 1.11. The second-order valence-electron chi connectivity index (χ2n) is 2.70. The Bertz CT molecular complexity index is 167. The van der Waals surface area contributed by atoms with E-state index in [1.54, 1.807) is 0 Å². The molecular formula is C6H13O4P. The van der Waals surface area contributed by atoms with Crippen LogP contribution in [0.2, 0.25) is 0 Å². The third kappa shape index (κ3) is 2.27. The molecule has 1 aliphatic rings. The van der Waals surface area contributed by atoms with Crippen molar-refractivity contribution in [3.8, 4) is 0 Å². The van der Waals surface area contributed by atoms with Gasteiger partial charge in [-0.3, -0.25) is 13.6 Å². The molecule has 11 heavy (non-hydrogen) atoms. The standard InChI is InChI=1S/C6H13O4P/c1-5-4-6(2)10-11(7,8-3)9-5/h5-6H,4H2,1-3H3/t5-,6-/m0/s1. The number of phosphoric acid groups is 1. The molecule has 0 amide bonds. The van der Waals surface area contributed by atoms with Gasteiger partial charge in [0.1, 0.15) is 0 Å². The van der Waals surface area contributed by atoms with E-state index >= 15 is 0 Å². The van der Waals surface area contributed by atoms with Crippen LogP contribution < -0.4 is 0 Å². The third-order valence-corrected chi connectivity index (χ3v) is 3.19. The molecule has 0 aromatic heterocycles. The van der Waals surface area contributed by atoms with Gasteiger partial charge >= 0.3 is 7.82 Å². The first kappa shape index (κ1) is 9.20. The average molecular weight is 180 g/mol. The average Bonchev–Trinajstić information content (AvgIpc) is 1.84. The molecule has 0 spiro atoms. The van der Waals surface area contributed by atoms with E-state index in [0.29, 0.717) is 0 Å². The molecule has 1 heterocycles. The zero-order valence-electron chi connectivity index (χ0n) is 6.94. The molecule has 0 aromatic rings. The van der Waals surface area contributed by atoms with E-state index in [1.165, 1.54) is 7.11 Å².